The van der Waals surface area contributed by atoms with E-state index < -0.39 is 0 Å². The van der Waals surface area contributed by atoms with E-state index in [9.17, 15) is 4.79 Å². The summed E-state index contributed by atoms with van der Waals surface area (Å²) in [7, 11) is 0. The van der Waals surface area contributed by atoms with Gasteiger partial charge in [0, 0.05) is 25.3 Å². The van der Waals surface area contributed by atoms with Crippen LogP contribution in [0.15, 0.2) is 24.4 Å². The number of aromatic nitrogens is 3. The molecule has 0 aliphatic carbocycles. The molecule has 1 aromatic carbocycles. The maximum Gasteiger partial charge on any atom is 0.280 e. The minimum Gasteiger partial charge on any atom is -0.302 e. The van der Waals surface area contributed by atoms with Crippen molar-refractivity contribution in [1.82, 2.24) is 19.7 Å². The lowest BCUT2D eigenvalue weighted by molar-refractivity contribution is 0.0978. The first-order valence-electron chi connectivity index (χ1n) is 10.3. The van der Waals surface area contributed by atoms with Crippen molar-refractivity contribution < 1.29 is 4.79 Å². The molecular weight excluding hydrogens is 382 g/mol. The zero-order valence-electron chi connectivity index (χ0n) is 18.3. The van der Waals surface area contributed by atoms with Crippen molar-refractivity contribution in [1.29, 1.82) is 0 Å². The minimum atomic E-state index is -0.0926. The number of thiazole rings is 1. The van der Waals surface area contributed by atoms with E-state index in [-0.39, 0.29) is 11.9 Å². The number of hydrogen-bond donors (Lipinski definition) is 0. The van der Waals surface area contributed by atoms with Crippen LogP contribution in [-0.2, 0) is 0 Å². The molecule has 0 spiro atoms. The van der Waals surface area contributed by atoms with Crippen LogP contribution in [0.2, 0.25) is 0 Å². The Kier molecular flexibility index (Phi) is 6.70. The summed E-state index contributed by atoms with van der Waals surface area (Å²) in [6.45, 7) is 15.9. The Balaban J connectivity index is 1.98. The molecule has 0 atom stereocenters. The number of benzene rings is 1. The molecule has 0 saturated carbocycles. The van der Waals surface area contributed by atoms with Gasteiger partial charge in [0.2, 0.25) is 0 Å². The van der Waals surface area contributed by atoms with Gasteiger partial charge in [-0.05, 0) is 64.0 Å². The maximum atomic E-state index is 13.4. The summed E-state index contributed by atoms with van der Waals surface area (Å²) in [6, 6.07) is 6.30. The highest BCUT2D eigenvalue weighted by Crippen LogP contribution is 2.32. The monoisotopic (exact) mass is 413 g/mol. The van der Waals surface area contributed by atoms with Crippen LogP contribution in [-0.4, -0.2) is 51.8 Å². The van der Waals surface area contributed by atoms with E-state index in [1.165, 1.54) is 5.56 Å². The van der Waals surface area contributed by atoms with Crippen LogP contribution in [0.25, 0.3) is 10.2 Å². The van der Waals surface area contributed by atoms with Crippen molar-refractivity contribution >= 4 is 32.6 Å². The fraction of sp³-hybridized carbons (Fsp3) is 0.500. The summed E-state index contributed by atoms with van der Waals surface area (Å²) in [5, 5.41) is 5.24. The highest BCUT2D eigenvalue weighted by Gasteiger charge is 2.24. The third-order valence-electron chi connectivity index (χ3n) is 5.19. The van der Waals surface area contributed by atoms with Crippen LogP contribution in [0.3, 0.4) is 0 Å². The van der Waals surface area contributed by atoms with E-state index in [2.05, 4.69) is 63.7 Å². The second-order valence-electron chi connectivity index (χ2n) is 7.68. The first kappa shape index (κ1) is 21.5. The SMILES string of the molecule is CCN(CC)CCN(C(=O)c1ccn(C(C)C)n1)c1nc2c(C)cc(C)cc2s1. The highest BCUT2D eigenvalue weighted by atomic mass is 32.1. The van der Waals surface area contributed by atoms with Gasteiger partial charge in [-0.1, -0.05) is 31.3 Å². The summed E-state index contributed by atoms with van der Waals surface area (Å²) >= 11 is 1.58. The molecule has 1 amide bonds. The number of amides is 1. The first-order valence-corrected chi connectivity index (χ1v) is 11.1. The molecule has 29 heavy (non-hydrogen) atoms. The predicted molar refractivity (Wildman–Crippen MR) is 121 cm³/mol. The first-order chi connectivity index (χ1) is 13.8. The average Bonchev–Trinajstić information content (AvgIpc) is 3.32. The number of fused-ring (bicyclic) bond motifs is 1. The molecule has 0 aliphatic rings. The zero-order valence-corrected chi connectivity index (χ0v) is 19.1. The number of carbonyl (C=O) groups excluding carboxylic acids is 1. The summed E-state index contributed by atoms with van der Waals surface area (Å²) < 4.78 is 2.94. The molecule has 2 aromatic heterocycles. The number of likely N-dealkylation sites (N-methyl/N-ethyl adjacent to an activating group) is 1. The van der Waals surface area contributed by atoms with Gasteiger partial charge in [0.15, 0.2) is 10.8 Å². The molecule has 0 aliphatic heterocycles. The fourth-order valence-electron chi connectivity index (χ4n) is 3.42. The van der Waals surface area contributed by atoms with E-state index >= 15 is 0 Å². The average molecular weight is 414 g/mol. The molecule has 0 unspecified atom stereocenters. The summed E-state index contributed by atoms with van der Waals surface area (Å²) in [6.07, 6.45) is 1.87. The largest absolute Gasteiger partial charge is 0.302 e. The molecule has 0 N–H and O–H groups in total. The van der Waals surface area contributed by atoms with Gasteiger partial charge in [-0.15, -0.1) is 0 Å². The lowest BCUT2D eigenvalue weighted by atomic mass is 10.1. The molecule has 6 nitrogen and oxygen atoms in total. The minimum absolute atomic E-state index is 0.0926. The highest BCUT2D eigenvalue weighted by molar-refractivity contribution is 7.22. The van der Waals surface area contributed by atoms with Crippen LogP contribution in [0.5, 0.6) is 0 Å². The van der Waals surface area contributed by atoms with Gasteiger partial charge in [0.05, 0.1) is 10.2 Å². The number of anilines is 1. The molecule has 156 valence electrons. The smallest absolute Gasteiger partial charge is 0.280 e. The number of nitrogens with zero attached hydrogens (tertiary/aromatic N) is 5. The van der Waals surface area contributed by atoms with Gasteiger partial charge in [-0.2, -0.15) is 5.10 Å². The molecule has 3 aromatic rings. The van der Waals surface area contributed by atoms with Crippen molar-refractivity contribution in [3.8, 4) is 0 Å². The topological polar surface area (TPSA) is 54.3 Å². The molecule has 3 rings (SSSR count). The van der Waals surface area contributed by atoms with Crippen LogP contribution in [0, 0.1) is 13.8 Å². The van der Waals surface area contributed by atoms with Gasteiger partial charge in [-0.25, -0.2) is 4.98 Å². The van der Waals surface area contributed by atoms with Crippen LogP contribution in [0.1, 0.15) is 55.4 Å². The third-order valence-corrected chi connectivity index (χ3v) is 6.21. The van der Waals surface area contributed by atoms with E-state index in [1.807, 2.05) is 10.9 Å². The lowest BCUT2D eigenvalue weighted by Gasteiger charge is -2.24. The van der Waals surface area contributed by atoms with Gasteiger partial charge < -0.3 is 4.90 Å². The molecule has 0 fully saturated rings. The third kappa shape index (κ3) is 4.67. The molecule has 0 saturated heterocycles. The summed E-state index contributed by atoms with van der Waals surface area (Å²) in [5.74, 6) is -0.0926. The zero-order chi connectivity index (χ0) is 21.1. The van der Waals surface area contributed by atoms with E-state index in [0.717, 1.165) is 40.5 Å². The quantitative estimate of drug-likeness (QED) is 0.538. The summed E-state index contributed by atoms with van der Waals surface area (Å²) in [4.78, 5) is 22.4. The Morgan fingerprint density at radius 2 is 1.90 bits per heavy atom. The van der Waals surface area contributed by atoms with E-state index in [1.54, 1.807) is 22.3 Å². The van der Waals surface area contributed by atoms with Crippen LogP contribution in [0.4, 0.5) is 5.13 Å². The van der Waals surface area contributed by atoms with E-state index in [0.29, 0.717) is 12.2 Å². The second-order valence-corrected chi connectivity index (χ2v) is 8.69. The van der Waals surface area contributed by atoms with Crippen LogP contribution < -0.4 is 4.90 Å². The summed E-state index contributed by atoms with van der Waals surface area (Å²) in [5.41, 5.74) is 3.79. The Bertz CT molecular complexity index is 986. The second kappa shape index (κ2) is 9.05. The van der Waals surface area contributed by atoms with Crippen molar-refractivity contribution in [3.05, 3.63) is 41.2 Å². The van der Waals surface area contributed by atoms with Crippen molar-refractivity contribution in [2.45, 2.75) is 47.6 Å². The molecule has 2 heterocycles. The number of carbonyl (C=O) groups is 1. The Hall–Kier alpha value is -2.25. The van der Waals surface area contributed by atoms with E-state index in [4.69, 9.17) is 4.98 Å². The maximum absolute atomic E-state index is 13.4. The van der Waals surface area contributed by atoms with Crippen molar-refractivity contribution in [2.75, 3.05) is 31.1 Å². The Morgan fingerprint density at radius 1 is 1.17 bits per heavy atom. The number of rotatable bonds is 8. The normalized spacial score (nSPS) is 11.7. The molecule has 7 heteroatoms. The Morgan fingerprint density at radius 3 is 2.52 bits per heavy atom. The molecule has 0 bridgehead atoms. The molecule has 0 radical (unpaired) electrons. The standard InChI is InChI=1S/C22H31N5OS/c1-7-25(8-2)11-12-26(21(28)18-9-10-27(24-18)15(3)4)22-23-20-17(6)13-16(5)14-19(20)29-22/h9-10,13-15H,7-8,11-12H2,1-6H3. The molecular formula is C22H31N5OS. The van der Waals surface area contributed by atoms with Gasteiger partial charge in [-0.3, -0.25) is 14.4 Å². The fourth-order valence-corrected chi connectivity index (χ4v) is 4.58. The van der Waals surface area contributed by atoms with Crippen molar-refractivity contribution in [3.63, 3.8) is 0 Å². The lowest BCUT2D eigenvalue weighted by Crippen LogP contribution is -2.39. The number of aryl methyl sites for hydroxylation is 2. The van der Waals surface area contributed by atoms with Crippen molar-refractivity contribution in [2.24, 2.45) is 0 Å². The number of hydrogen-bond acceptors (Lipinski definition) is 5. The Labute approximate surface area is 177 Å². The predicted octanol–water partition coefficient (Wildman–Crippen LogP) is 4.68. The van der Waals surface area contributed by atoms with Gasteiger partial charge >= 0.3 is 0 Å². The van der Waals surface area contributed by atoms with Gasteiger partial charge in [0.1, 0.15) is 0 Å². The van der Waals surface area contributed by atoms with Crippen LogP contribution >= 0.6 is 11.3 Å². The van der Waals surface area contributed by atoms with Gasteiger partial charge in [0.25, 0.3) is 5.91 Å².